The van der Waals surface area contributed by atoms with Crippen LogP contribution < -0.4 is 0 Å². The van der Waals surface area contributed by atoms with Gasteiger partial charge in [-0.25, -0.2) is 0 Å². The quantitative estimate of drug-likeness (QED) is 0.558. The third kappa shape index (κ3) is 2.05. The van der Waals surface area contributed by atoms with Crippen LogP contribution >= 0.6 is 15.9 Å². The second-order valence-corrected chi connectivity index (χ2v) is 3.32. The van der Waals surface area contributed by atoms with Crippen molar-refractivity contribution in [1.29, 1.82) is 0 Å². The predicted molar refractivity (Wildman–Crippen MR) is 54.1 cm³/mol. The van der Waals surface area contributed by atoms with E-state index in [2.05, 4.69) is 15.9 Å². The number of aldehydes is 1. The molecule has 0 saturated carbocycles. The summed E-state index contributed by atoms with van der Waals surface area (Å²) in [6, 6.07) is 7.90. The maximum atomic E-state index is 10.2. The minimum Gasteiger partial charge on any atom is -0.299 e. The van der Waals surface area contributed by atoms with E-state index in [1.807, 2.05) is 31.2 Å². The van der Waals surface area contributed by atoms with Gasteiger partial charge in [-0.2, -0.15) is 0 Å². The summed E-state index contributed by atoms with van der Waals surface area (Å²) >= 11 is 3.33. The number of carbonyl (C=O) groups excluding carboxylic acids is 1. The van der Waals surface area contributed by atoms with Gasteiger partial charge < -0.3 is 0 Å². The Labute approximate surface area is 80.2 Å². The van der Waals surface area contributed by atoms with Crippen LogP contribution in [0.2, 0.25) is 0 Å². The SMILES string of the molecule is Cc1ccccc1C(Br)=CC=O. The largest absolute Gasteiger partial charge is 0.299 e. The van der Waals surface area contributed by atoms with Crippen LogP contribution in [0, 0.1) is 6.92 Å². The third-order valence-corrected chi connectivity index (χ3v) is 2.31. The zero-order chi connectivity index (χ0) is 8.97. The van der Waals surface area contributed by atoms with Crippen molar-refractivity contribution in [3.63, 3.8) is 0 Å². The topological polar surface area (TPSA) is 17.1 Å². The van der Waals surface area contributed by atoms with E-state index in [4.69, 9.17) is 0 Å². The van der Waals surface area contributed by atoms with Crippen LogP contribution in [-0.2, 0) is 4.79 Å². The smallest absolute Gasteiger partial charge is 0.143 e. The molecular formula is C10H9BrO. The Morgan fingerprint density at radius 1 is 1.42 bits per heavy atom. The summed E-state index contributed by atoms with van der Waals surface area (Å²) in [5, 5.41) is 0. The van der Waals surface area contributed by atoms with Gasteiger partial charge in [0.05, 0.1) is 0 Å². The van der Waals surface area contributed by atoms with Gasteiger partial charge in [-0.1, -0.05) is 40.2 Å². The summed E-state index contributed by atoms with van der Waals surface area (Å²) < 4.78 is 0.829. The van der Waals surface area contributed by atoms with Crippen molar-refractivity contribution < 1.29 is 4.79 Å². The lowest BCUT2D eigenvalue weighted by Gasteiger charge is -2.01. The van der Waals surface area contributed by atoms with Crippen molar-refractivity contribution in [2.24, 2.45) is 0 Å². The van der Waals surface area contributed by atoms with Crippen LogP contribution in [0.15, 0.2) is 30.3 Å². The molecule has 0 spiro atoms. The second-order valence-electron chi connectivity index (χ2n) is 2.47. The zero-order valence-electron chi connectivity index (χ0n) is 6.75. The highest BCUT2D eigenvalue weighted by Gasteiger charge is 1.98. The number of hydrogen-bond donors (Lipinski definition) is 0. The van der Waals surface area contributed by atoms with Gasteiger partial charge in [-0.3, -0.25) is 4.79 Å². The average Bonchev–Trinajstić information content (AvgIpc) is 2.05. The lowest BCUT2D eigenvalue weighted by molar-refractivity contribution is -0.104. The Balaban J connectivity index is 3.10. The summed E-state index contributed by atoms with van der Waals surface area (Å²) in [7, 11) is 0. The lowest BCUT2D eigenvalue weighted by atomic mass is 10.1. The van der Waals surface area contributed by atoms with Gasteiger partial charge in [0.2, 0.25) is 0 Å². The van der Waals surface area contributed by atoms with E-state index in [-0.39, 0.29) is 0 Å². The van der Waals surface area contributed by atoms with Gasteiger partial charge in [0.1, 0.15) is 6.29 Å². The molecule has 0 aliphatic carbocycles. The molecule has 1 rings (SSSR count). The first-order valence-corrected chi connectivity index (χ1v) is 4.42. The van der Waals surface area contributed by atoms with E-state index in [9.17, 15) is 4.79 Å². The van der Waals surface area contributed by atoms with Crippen LogP contribution in [0.5, 0.6) is 0 Å². The molecule has 0 saturated heterocycles. The summed E-state index contributed by atoms with van der Waals surface area (Å²) in [5.41, 5.74) is 2.21. The van der Waals surface area contributed by atoms with E-state index in [0.717, 1.165) is 21.9 Å². The molecule has 0 amide bonds. The Morgan fingerprint density at radius 3 is 2.67 bits per heavy atom. The molecule has 0 aliphatic heterocycles. The Bertz CT molecular complexity index is 315. The summed E-state index contributed by atoms with van der Waals surface area (Å²) in [6.07, 6.45) is 2.28. The number of carbonyl (C=O) groups is 1. The van der Waals surface area contributed by atoms with Crippen molar-refractivity contribution in [3.8, 4) is 0 Å². The van der Waals surface area contributed by atoms with Gasteiger partial charge in [0.25, 0.3) is 0 Å². The fourth-order valence-corrected chi connectivity index (χ4v) is 1.54. The van der Waals surface area contributed by atoms with Crippen LogP contribution in [0.4, 0.5) is 0 Å². The molecule has 0 fully saturated rings. The molecule has 0 aromatic heterocycles. The molecular weight excluding hydrogens is 216 g/mol. The van der Waals surface area contributed by atoms with E-state index < -0.39 is 0 Å². The maximum Gasteiger partial charge on any atom is 0.143 e. The number of allylic oxidation sites excluding steroid dienone is 1. The molecule has 0 bridgehead atoms. The molecule has 0 aliphatic rings. The van der Waals surface area contributed by atoms with Gasteiger partial charge in [-0.05, 0) is 24.1 Å². The molecule has 1 nitrogen and oxygen atoms in total. The Kier molecular flexibility index (Phi) is 3.23. The molecule has 0 atom stereocenters. The van der Waals surface area contributed by atoms with E-state index in [1.54, 1.807) is 0 Å². The fourth-order valence-electron chi connectivity index (χ4n) is 0.990. The van der Waals surface area contributed by atoms with Crippen molar-refractivity contribution in [1.82, 2.24) is 0 Å². The van der Waals surface area contributed by atoms with Crippen LogP contribution in [-0.4, -0.2) is 6.29 Å². The van der Waals surface area contributed by atoms with Crippen molar-refractivity contribution in [2.45, 2.75) is 6.92 Å². The van der Waals surface area contributed by atoms with Gasteiger partial charge in [0.15, 0.2) is 0 Å². The second kappa shape index (κ2) is 4.21. The minimum absolute atomic E-state index is 0.774. The highest BCUT2D eigenvalue weighted by atomic mass is 79.9. The maximum absolute atomic E-state index is 10.2. The summed E-state index contributed by atoms with van der Waals surface area (Å²) in [5.74, 6) is 0. The molecule has 0 N–H and O–H groups in total. The monoisotopic (exact) mass is 224 g/mol. The van der Waals surface area contributed by atoms with E-state index in [0.29, 0.717) is 0 Å². The van der Waals surface area contributed by atoms with Gasteiger partial charge >= 0.3 is 0 Å². The first kappa shape index (κ1) is 9.20. The van der Waals surface area contributed by atoms with Crippen molar-refractivity contribution in [3.05, 3.63) is 41.5 Å². The van der Waals surface area contributed by atoms with Crippen LogP contribution in [0.1, 0.15) is 11.1 Å². The molecule has 62 valence electrons. The molecule has 12 heavy (non-hydrogen) atoms. The third-order valence-electron chi connectivity index (χ3n) is 1.62. The lowest BCUT2D eigenvalue weighted by Crippen LogP contribution is -1.82. The van der Waals surface area contributed by atoms with Gasteiger partial charge in [-0.15, -0.1) is 0 Å². The number of benzene rings is 1. The first-order valence-electron chi connectivity index (χ1n) is 3.62. The molecule has 2 heteroatoms. The summed E-state index contributed by atoms with van der Waals surface area (Å²) in [6.45, 7) is 2.01. The Hall–Kier alpha value is -0.890. The van der Waals surface area contributed by atoms with Gasteiger partial charge in [0, 0.05) is 4.48 Å². The predicted octanol–water partition coefficient (Wildman–Crippen LogP) is 2.93. The van der Waals surface area contributed by atoms with Crippen LogP contribution in [0.25, 0.3) is 4.48 Å². The molecule has 1 aromatic carbocycles. The average molecular weight is 225 g/mol. The van der Waals surface area contributed by atoms with E-state index >= 15 is 0 Å². The van der Waals surface area contributed by atoms with Crippen LogP contribution in [0.3, 0.4) is 0 Å². The number of halogens is 1. The number of hydrogen-bond acceptors (Lipinski definition) is 1. The molecule has 0 unspecified atom stereocenters. The fraction of sp³-hybridized carbons (Fsp3) is 0.100. The standard InChI is InChI=1S/C10H9BrO/c1-8-4-2-3-5-9(8)10(11)6-7-12/h2-7H,1H3. The van der Waals surface area contributed by atoms with Crippen molar-refractivity contribution >= 4 is 26.7 Å². The zero-order valence-corrected chi connectivity index (χ0v) is 8.34. The highest BCUT2D eigenvalue weighted by Crippen LogP contribution is 2.23. The highest BCUT2D eigenvalue weighted by molar-refractivity contribution is 9.15. The number of aryl methyl sites for hydroxylation is 1. The molecule has 0 heterocycles. The normalized spacial score (nSPS) is 11.3. The van der Waals surface area contributed by atoms with Crippen molar-refractivity contribution in [2.75, 3.05) is 0 Å². The number of rotatable bonds is 2. The Morgan fingerprint density at radius 2 is 2.08 bits per heavy atom. The summed E-state index contributed by atoms with van der Waals surface area (Å²) in [4.78, 5) is 10.2. The first-order chi connectivity index (χ1) is 5.75. The van der Waals surface area contributed by atoms with E-state index in [1.165, 1.54) is 6.08 Å². The minimum atomic E-state index is 0.774. The molecule has 1 aromatic rings. The molecule has 0 radical (unpaired) electrons.